The molecular formula is C10H16O4. The fraction of sp³-hybridized carbons (Fsp3) is 0.700. The highest BCUT2D eigenvalue weighted by Gasteiger charge is 2.33. The highest BCUT2D eigenvalue weighted by molar-refractivity contribution is 5.90. The molecule has 1 heterocycles. The number of rotatable bonds is 5. The number of hydrogen-bond donors (Lipinski definition) is 0. The van der Waals surface area contributed by atoms with Crippen molar-refractivity contribution < 1.29 is 19.0 Å². The molecule has 0 aromatic rings. The van der Waals surface area contributed by atoms with Crippen LogP contribution in [0.5, 0.6) is 0 Å². The van der Waals surface area contributed by atoms with E-state index in [1.807, 2.05) is 6.92 Å². The zero-order valence-corrected chi connectivity index (χ0v) is 8.45. The summed E-state index contributed by atoms with van der Waals surface area (Å²) in [5, 5.41) is 0. The van der Waals surface area contributed by atoms with Crippen molar-refractivity contribution in [3.8, 4) is 0 Å². The Hall–Kier alpha value is -0.710. The smallest absolute Gasteiger partial charge is 0.180 e. The molecule has 4 nitrogen and oxygen atoms in total. The van der Waals surface area contributed by atoms with E-state index in [-0.39, 0.29) is 12.4 Å². The van der Waals surface area contributed by atoms with Crippen LogP contribution >= 0.6 is 0 Å². The first-order chi connectivity index (χ1) is 6.72. The van der Waals surface area contributed by atoms with Gasteiger partial charge in [-0.05, 0) is 12.5 Å². The molecule has 0 spiro atoms. The van der Waals surface area contributed by atoms with Crippen molar-refractivity contribution >= 4 is 5.78 Å². The van der Waals surface area contributed by atoms with E-state index < -0.39 is 5.60 Å². The number of carbonyl (C=O) groups is 1. The van der Waals surface area contributed by atoms with Gasteiger partial charge in [-0.2, -0.15) is 0 Å². The molecule has 0 aromatic carbocycles. The second-order valence-electron chi connectivity index (χ2n) is 3.31. The van der Waals surface area contributed by atoms with Crippen LogP contribution in [0.4, 0.5) is 0 Å². The molecule has 0 bridgehead atoms. The molecule has 1 aliphatic rings. The van der Waals surface area contributed by atoms with Gasteiger partial charge in [0, 0.05) is 0 Å². The average molecular weight is 200 g/mol. The normalized spacial score (nSPS) is 20.4. The van der Waals surface area contributed by atoms with Crippen molar-refractivity contribution in [2.24, 2.45) is 0 Å². The first-order valence-electron chi connectivity index (χ1n) is 4.67. The van der Waals surface area contributed by atoms with E-state index in [4.69, 9.17) is 14.2 Å². The van der Waals surface area contributed by atoms with Crippen molar-refractivity contribution in [3.63, 3.8) is 0 Å². The molecule has 0 N–H and O–H groups in total. The lowest BCUT2D eigenvalue weighted by atomic mass is 10.0. The van der Waals surface area contributed by atoms with Crippen LogP contribution in [-0.2, 0) is 19.0 Å². The van der Waals surface area contributed by atoms with Gasteiger partial charge in [0.05, 0.1) is 13.2 Å². The molecule has 80 valence electrons. The zero-order chi connectivity index (χ0) is 10.4. The van der Waals surface area contributed by atoms with Crippen LogP contribution in [0.25, 0.3) is 0 Å². The van der Waals surface area contributed by atoms with Crippen LogP contribution in [0, 0.1) is 0 Å². The summed E-state index contributed by atoms with van der Waals surface area (Å²) in [5.41, 5.74) is -0.461. The Morgan fingerprint density at radius 1 is 1.57 bits per heavy atom. The van der Waals surface area contributed by atoms with Crippen molar-refractivity contribution in [1.29, 1.82) is 0 Å². The standard InChI is InChI=1S/C10H16O4/c1-3-9(11)5-14-10(4-2)6-12-8-13-7-10/h3H,1,4-8H2,2H3. The molecule has 4 heteroatoms. The van der Waals surface area contributed by atoms with E-state index in [1.54, 1.807) is 0 Å². The van der Waals surface area contributed by atoms with E-state index >= 15 is 0 Å². The van der Waals surface area contributed by atoms with Crippen molar-refractivity contribution in [2.75, 3.05) is 26.6 Å². The fourth-order valence-corrected chi connectivity index (χ4v) is 1.23. The Balaban J connectivity index is 2.43. The average Bonchev–Trinajstić information content (AvgIpc) is 2.27. The number of carbonyl (C=O) groups excluding carboxylic acids is 1. The molecule has 0 aliphatic carbocycles. The monoisotopic (exact) mass is 200 g/mol. The first-order valence-corrected chi connectivity index (χ1v) is 4.67. The second kappa shape index (κ2) is 5.24. The van der Waals surface area contributed by atoms with Gasteiger partial charge in [-0.1, -0.05) is 13.5 Å². The minimum absolute atomic E-state index is 0.0457. The molecule has 0 aromatic heterocycles. The summed E-state index contributed by atoms with van der Waals surface area (Å²) in [6, 6.07) is 0. The van der Waals surface area contributed by atoms with E-state index in [0.717, 1.165) is 6.42 Å². The van der Waals surface area contributed by atoms with Crippen LogP contribution in [0.3, 0.4) is 0 Å². The molecule has 1 aliphatic heterocycles. The molecule has 1 saturated heterocycles. The lowest BCUT2D eigenvalue weighted by Crippen LogP contribution is -2.46. The molecule has 0 saturated carbocycles. The van der Waals surface area contributed by atoms with Gasteiger partial charge in [0.25, 0.3) is 0 Å². The summed E-state index contributed by atoms with van der Waals surface area (Å²) in [7, 11) is 0. The lowest BCUT2D eigenvalue weighted by molar-refractivity contribution is -0.219. The molecule has 0 radical (unpaired) electrons. The third-order valence-corrected chi connectivity index (χ3v) is 2.29. The third-order valence-electron chi connectivity index (χ3n) is 2.29. The minimum Gasteiger partial charge on any atom is -0.362 e. The molecule has 14 heavy (non-hydrogen) atoms. The van der Waals surface area contributed by atoms with Crippen molar-refractivity contribution in [1.82, 2.24) is 0 Å². The van der Waals surface area contributed by atoms with Gasteiger partial charge < -0.3 is 14.2 Å². The maximum Gasteiger partial charge on any atom is 0.180 e. The quantitative estimate of drug-likeness (QED) is 0.619. The number of ether oxygens (including phenoxy) is 3. The predicted octanol–water partition coefficient (Wildman–Crippen LogP) is 0.911. The third kappa shape index (κ3) is 2.90. The van der Waals surface area contributed by atoms with Crippen molar-refractivity contribution in [2.45, 2.75) is 18.9 Å². The van der Waals surface area contributed by atoms with E-state index in [2.05, 4.69) is 6.58 Å². The first kappa shape index (κ1) is 11.4. The Bertz CT molecular complexity index is 206. The summed E-state index contributed by atoms with van der Waals surface area (Å²) in [6.07, 6.45) is 2.02. The zero-order valence-electron chi connectivity index (χ0n) is 8.45. The van der Waals surface area contributed by atoms with Crippen LogP contribution < -0.4 is 0 Å². The molecule has 0 amide bonds. The predicted molar refractivity (Wildman–Crippen MR) is 50.9 cm³/mol. The summed E-state index contributed by atoms with van der Waals surface area (Å²) < 4.78 is 15.8. The van der Waals surface area contributed by atoms with E-state index in [0.29, 0.717) is 20.0 Å². The molecule has 1 fully saturated rings. The van der Waals surface area contributed by atoms with Crippen LogP contribution in [0.2, 0.25) is 0 Å². The summed E-state index contributed by atoms with van der Waals surface area (Å²) in [6.45, 7) is 6.68. The van der Waals surface area contributed by atoms with E-state index in [9.17, 15) is 4.79 Å². The molecular weight excluding hydrogens is 184 g/mol. The highest BCUT2D eigenvalue weighted by Crippen LogP contribution is 2.20. The summed E-state index contributed by atoms with van der Waals surface area (Å²) in [5.74, 6) is -0.122. The maximum atomic E-state index is 11.0. The molecule has 0 atom stereocenters. The van der Waals surface area contributed by atoms with Gasteiger partial charge in [-0.15, -0.1) is 0 Å². The van der Waals surface area contributed by atoms with Gasteiger partial charge in [0.1, 0.15) is 19.0 Å². The van der Waals surface area contributed by atoms with Gasteiger partial charge in [0.15, 0.2) is 5.78 Å². The Morgan fingerprint density at radius 2 is 2.21 bits per heavy atom. The summed E-state index contributed by atoms with van der Waals surface area (Å²) >= 11 is 0. The SMILES string of the molecule is C=CC(=O)COC1(CC)COCOC1. The fourth-order valence-electron chi connectivity index (χ4n) is 1.23. The van der Waals surface area contributed by atoms with Crippen LogP contribution in [0.15, 0.2) is 12.7 Å². The molecule has 0 unspecified atom stereocenters. The Labute approximate surface area is 83.8 Å². The Kier molecular flexibility index (Phi) is 4.25. The number of hydrogen-bond acceptors (Lipinski definition) is 4. The van der Waals surface area contributed by atoms with Gasteiger partial charge >= 0.3 is 0 Å². The number of ketones is 1. The van der Waals surface area contributed by atoms with E-state index in [1.165, 1.54) is 6.08 Å². The van der Waals surface area contributed by atoms with Crippen LogP contribution in [0.1, 0.15) is 13.3 Å². The van der Waals surface area contributed by atoms with Gasteiger partial charge in [0.2, 0.25) is 0 Å². The topological polar surface area (TPSA) is 44.8 Å². The second-order valence-corrected chi connectivity index (χ2v) is 3.31. The Morgan fingerprint density at radius 3 is 2.71 bits per heavy atom. The summed E-state index contributed by atoms with van der Waals surface area (Å²) in [4.78, 5) is 11.0. The van der Waals surface area contributed by atoms with Crippen molar-refractivity contribution in [3.05, 3.63) is 12.7 Å². The lowest BCUT2D eigenvalue weighted by Gasteiger charge is -2.35. The van der Waals surface area contributed by atoms with Gasteiger partial charge in [-0.3, -0.25) is 4.79 Å². The maximum absolute atomic E-state index is 11.0. The van der Waals surface area contributed by atoms with Gasteiger partial charge in [-0.25, -0.2) is 0 Å². The van der Waals surface area contributed by atoms with Crippen LogP contribution in [-0.4, -0.2) is 38.0 Å². The largest absolute Gasteiger partial charge is 0.362 e. The molecule has 1 rings (SSSR count). The minimum atomic E-state index is -0.461. The highest BCUT2D eigenvalue weighted by atomic mass is 16.7.